The molecule has 8 nitrogen and oxygen atoms in total. The average molecular weight is 339 g/mol. The van der Waals surface area contributed by atoms with Crippen LogP contribution in [0.15, 0.2) is 23.2 Å². The third-order valence-corrected chi connectivity index (χ3v) is 4.86. The van der Waals surface area contributed by atoms with Crippen molar-refractivity contribution in [3.05, 3.63) is 29.6 Å². The number of pyridine rings is 1. The third-order valence-electron chi connectivity index (χ3n) is 3.46. The minimum absolute atomic E-state index is 0.124. The van der Waals surface area contributed by atoms with Crippen LogP contribution in [-0.4, -0.2) is 37.3 Å². The first-order valence-corrected chi connectivity index (χ1v) is 8.63. The van der Waals surface area contributed by atoms with Gasteiger partial charge in [-0.3, -0.25) is 0 Å². The van der Waals surface area contributed by atoms with Crippen molar-refractivity contribution in [2.24, 2.45) is 7.05 Å². The van der Waals surface area contributed by atoms with Crippen molar-refractivity contribution in [1.82, 2.24) is 19.5 Å². The Morgan fingerprint density at radius 2 is 2.09 bits per heavy atom. The van der Waals surface area contributed by atoms with Crippen molar-refractivity contribution < 1.29 is 13.2 Å². The summed E-state index contributed by atoms with van der Waals surface area (Å²) in [7, 11) is 1.33. The van der Waals surface area contributed by atoms with E-state index in [-0.39, 0.29) is 4.90 Å². The molecular formula is C14H21N5O3S. The van der Waals surface area contributed by atoms with E-state index in [0.717, 1.165) is 17.7 Å². The first-order chi connectivity index (χ1) is 10.9. The smallest absolute Gasteiger partial charge is 0.241 e. The molecule has 23 heavy (non-hydrogen) atoms. The number of ether oxygens (including phenoxy) is 1. The second-order valence-electron chi connectivity index (χ2n) is 4.85. The van der Waals surface area contributed by atoms with Crippen molar-refractivity contribution >= 4 is 15.8 Å². The van der Waals surface area contributed by atoms with Gasteiger partial charge in [-0.05, 0) is 25.6 Å². The number of aryl methyl sites for hydroxylation is 2. The molecule has 0 saturated carbocycles. The normalized spacial score (nSPS) is 11.5. The van der Waals surface area contributed by atoms with Gasteiger partial charge in [0.1, 0.15) is 10.7 Å². The van der Waals surface area contributed by atoms with E-state index in [0.29, 0.717) is 18.2 Å². The number of nitrogens with zero attached hydrogens (tertiary/aromatic N) is 3. The molecule has 0 amide bonds. The van der Waals surface area contributed by atoms with E-state index in [1.807, 2.05) is 14.0 Å². The monoisotopic (exact) mass is 339 g/mol. The van der Waals surface area contributed by atoms with Gasteiger partial charge in [0.25, 0.3) is 0 Å². The number of anilines is 1. The summed E-state index contributed by atoms with van der Waals surface area (Å²) in [5.74, 6) is 1.27. The van der Waals surface area contributed by atoms with Crippen LogP contribution in [0.25, 0.3) is 0 Å². The molecule has 0 atom stereocenters. The van der Waals surface area contributed by atoms with Gasteiger partial charge in [-0.1, -0.05) is 6.92 Å². The van der Waals surface area contributed by atoms with Crippen LogP contribution in [0.4, 0.5) is 5.82 Å². The van der Waals surface area contributed by atoms with Crippen LogP contribution in [0.3, 0.4) is 0 Å². The van der Waals surface area contributed by atoms with Crippen LogP contribution < -0.4 is 14.8 Å². The summed E-state index contributed by atoms with van der Waals surface area (Å²) in [5.41, 5.74) is 1.91. The van der Waals surface area contributed by atoms with E-state index in [2.05, 4.69) is 20.1 Å². The maximum atomic E-state index is 11.7. The molecule has 126 valence electrons. The Kier molecular flexibility index (Phi) is 5.22. The second kappa shape index (κ2) is 6.97. The number of nitrogens with one attached hydrogen (secondary N) is 2. The Morgan fingerprint density at radius 3 is 2.61 bits per heavy atom. The summed E-state index contributed by atoms with van der Waals surface area (Å²) in [6.45, 7) is 2.52. The molecule has 0 aromatic carbocycles. The first kappa shape index (κ1) is 17.2. The third kappa shape index (κ3) is 3.62. The molecule has 0 bridgehead atoms. The molecule has 0 aliphatic heterocycles. The zero-order chi connectivity index (χ0) is 17.0. The van der Waals surface area contributed by atoms with Crippen molar-refractivity contribution in [3.8, 4) is 5.88 Å². The molecule has 0 saturated heterocycles. The summed E-state index contributed by atoms with van der Waals surface area (Å²) in [6, 6.07) is 3.13. The molecule has 0 spiro atoms. The van der Waals surface area contributed by atoms with E-state index in [1.165, 1.54) is 19.3 Å². The molecule has 2 rings (SSSR count). The van der Waals surface area contributed by atoms with Gasteiger partial charge < -0.3 is 10.1 Å². The molecule has 0 fully saturated rings. The lowest BCUT2D eigenvalue weighted by Gasteiger charge is -2.09. The zero-order valence-electron chi connectivity index (χ0n) is 13.6. The Labute approximate surface area is 135 Å². The Bertz CT molecular complexity index is 768. The predicted octanol–water partition coefficient (Wildman–Crippen LogP) is 0.906. The number of hydrogen-bond acceptors (Lipinski definition) is 6. The number of rotatable bonds is 7. The van der Waals surface area contributed by atoms with Crippen LogP contribution in [-0.2, 0) is 30.0 Å². The number of sulfonamides is 1. The molecule has 2 aromatic heterocycles. The van der Waals surface area contributed by atoms with Gasteiger partial charge in [0.05, 0.1) is 18.4 Å². The van der Waals surface area contributed by atoms with Gasteiger partial charge in [-0.15, -0.1) is 0 Å². The SMILES string of the molecule is CCc1nn(C)c(OC)c1CNc1ccc(S(=O)(=O)NC)cn1. The van der Waals surface area contributed by atoms with Crippen molar-refractivity contribution in [1.29, 1.82) is 0 Å². The fourth-order valence-electron chi connectivity index (χ4n) is 2.26. The Hall–Kier alpha value is -2.13. The van der Waals surface area contributed by atoms with E-state index < -0.39 is 10.0 Å². The minimum Gasteiger partial charge on any atom is -0.481 e. The highest BCUT2D eigenvalue weighted by Gasteiger charge is 2.16. The van der Waals surface area contributed by atoms with Crippen molar-refractivity contribution in [3.63, 3.8) is 0 Å². The molecule has 9 heteroatoms. The minimum atomic E-state index is -3.47. The number of methoxy groups -OCH3 is 1. The molecule has 2 heterocycles. The molecule has 0 aliphatic carbocycles. The lowest BCUT2D eigenvalue weighted by atomic mass is 10.2. The van der Waals surface area contributed by atoms with Crippen molar-refractivity contribution in [2.75, 3.05) is 19.5 Å². The Morgan fingerprint density at radius 1 is 1.35 bits per heavy atom. The highest BCUT2D eigenvalue weighted by atomic mass is 32.2. The van der Waals surface area contributed by atoms with Crippen LogP contribution >= 0.6 is 0 Å². The standard InChI is InChI=1S/C14H21N5O3S/c1-5-12-11(14(22-4)19(3)18-12)9-17-13-7-6-10(8-16-13)23(20,21)15-2/h6-8,15H,5,9H2,1-4H3,(H,16,17). The maximum Gasteiger partial charge on any atom is 0.241 e. The summed E-state index contributed by atoms with van der Waals surface area (Å²) in [6.07, 6.45) is 2.11. The van der Waals surface area contributed by atoms with Crippen molar-refractivity contribution in [2.45, 2.75) is 24.8 Å². The summed E-state index contributed by atoms with van der Waals surface area (Å²) in [5, 5.41) is 7.57. The fourth-order valence-corrected chi connectivity index (χ4v) is 2.94. The maximum absolute atomic E-state index is 11.7. The van der Waals surface area contributed by atoms with Gasteiger partial charge in [0.15, 0.2) is 0 Å². The lowest BCUT2D eigenvalue weighted by molar-refractivity contribution is 0.369. The molecule has 0 radical (unpaired) electrons. The number of hydrogen-bond donors (Lipinski definition) is 2. The van der Waals surface area contributed by atoms with Gasteiger partial charge in [-0.25, -0.2) is 22.8 Å². The largest absolute Gasteiger partial charge is 0.481 e. The zero-order valence-corrected chi connectivity index (χ0v) is 14.4. The van der Waals surface area contributed by atoms with Crippen LogP contribution in [0, 0.1) is 0 Å². The van der Waals surface area contributed by atoms with E-state index in [9.17, 15) is 8.42 Å². The predicted molar refractivity (Wildman–Crippen MR) is 86.9 cm³/mol. The fraction of sp³-hybridized carbons (Fsp3) is 0.429. The quantitative estimate of drug-likeness (QED) is 0.778. The lowest BCUT2D eigenvalue weighted by Crippen LogP contribution is -2.18. The molecular weight excluding hydrogens is 318 g/mol. The van der Waals surface area contributed by atoms with Crippen LogP contribution in [0.1, 0.15) is 18.2 Å². The molecule has 2 N–H and O–H groups in total. The summed E-state index contributed by atoms with van der Waals surface area (Å²) in [4.78, 5) is 4.25. The second-order valence-corrected chi connectivity index (χ2v) is 6.74. The molecule has 0 aliphatic rings. The van der Waals surface area contributed by atoms with Crippen LogP contribution in [0.5, 0.6) is 5.88 Å². The van der Waals surface area contributed by atoms with E-state index in [1.54, 1.807) is 17.9 Å². The van der Waals surface area contributed by atoms with Gasteiger partial charge >= 0.3 is 0 Å². The van der Waals surface area contributed by atoms with Gasteiger partial charge in [0.2, 0.25) is 15.9 Å². The van der Waals surface area contributed by atoms with Gasteiger partial charge in [-0.2, -0.15) is 5.10 Å². The topological polar surface area (TPSA) is 98.1 Å². The van der Waals surface area contributed by atoms with E-state index in [4.69, 9.17) is 4.74 Å². The summed E-state index contributed by atoms with van der Waals surface area (Å²) >= 11 is 0. The highest BCUT2D eigenvalue weighted by Crippen LogP contribution is 2.23. The van der Waals surface area contributed by atoms with E-state index >= 15 is 0 Å². The van der Waals surface area contributed by atoms with Crippen LogP contribution in [0.2, 0.25) is 0 Å². The summed E-state index contributed by atoms with van der Waals surface area (Å²) < 4.78 is 32.7. The molecule has 0 unspecified atom stereocenters. The average Bonchev–Trinajstić information content (AvgIpc) is 2.88. The number of aromatic nitrogens is 3. The van der Waals surface area contributed by atoms with Gasteiger partial charge in [0, 0.05) is 19.8 Å². The Balaban J connectivity index is 2.16. The highest BCUT2D eigenvalue weighted by molar-refractivity contribution is 7.89. The molecule has 2 aromatic rings. The first-order valence-electron chi connectivity index (χ1n) is 7.15.